The summed E-state index contributed by atoms with van der Waals surface area (Å²) in [6.45, 7) is 1.74. The van der Waals surface area contributed by atoms with Crippen LogP contribution in [0.4, 0.5) is 0 Å². The third-order valence-corrected chi connectivity index (χ3v) is 4.36. The summed E-state index contributed by atoms with van der Waals surface area (Å²) in [4.78, 5) is 8.53. The number of hydrogen-bond donors (Lipinski definition) is 2. The van der Waals surface area contributed by atoms with E-state index in [1.54, 1.807) is 20.4 Å². The van der Waals surface area contributed by atoms with Crippen LogP contribution in [0.5, 0.6) is 11.5 Å². The summed E-state index contributed by atoms with van der Waals surface area (Å²) in [5.74, 6) is 2.40. The Kier molecular flexibility index (Phi) is 7.46. The fourth-order valence-electron chi connectivity index (χ4n) is 2.78. The predicted molar refractivity (Wildman–Crippen MR) is 115 cm³/mol. The minimum absolute atomic E-state index is 0.456. The summed E-state index contributed by atoms with van der Waals surface area (Å²) in [6, 6.07) is 21.7. The first-order chi connectivity index (χ1) is 14.3. The maximum atomic E-state index is 5.77. The molecular formula is C23H26N4O2. The summed E-state index contributed by atoms with van der Waals surface area (Å²) < 4.78 is 11.2. The van der Waals surface area contributed by atoms with Crippen LogP contribution < -0.4 is 20.1 Å². The Morgan fingerprint density at radius 2 is 1.69 bits per heavy atom. The summed E-state index contributed by atoms with van der Waals surface area (Å²) >= 11 is 0. The van der Waals surface area contributed by atoms with Crippen LogP contribution in [-0.4, -0.2) is 25.1 Å². The zero-order valence-electron chi connectivity index (χ0n) is 16.8. The molecule has 0 spiro atoms. The highest BCUT2D eigenvalue weighted by atomic mass is 16.5. The fraction of sp³-hybridized carbons (Fsp3) is 0.217. The van der Waals surface area contributed by atoms with Gasteiger partial charge in [-0.1, -0.05) is 36.4 Å². The second-order valence-electron chi connectivity index (χ2n) is 6.34. The van der Waals surface area contributed by atoms with Crippen molar-refractivity contribution in [2.45, 2.75) is 19.7 Å². The van der Waals surface area contributed by atoms with Crippen LogP contribution in [0, 0.1) is 0 Å². The molecule has 0 fully saturated rings. The summed E-state index contributed by atoms with van der Waals surface area (Å²) in [6.07, 6.45) is 1.77. The molecule has 0 amide bonds. The first-order valence-electron chi connectivity index (χ1n) is 9.46. The van der Waals surface area contributed by atoms with Gasteiger partial charge in [0, 0.05) is 31.9 Å². The number of para-hydroxylation sites is 1. The van der Waals surface area contributed by atoms with Crippen molar-refractivity contribution in [3.63, 3.8) is 0 Å². The normalized spacial score (nSPS) is 11.0. The number of hydrogen-bond acceptors (Lipinski definition) is 4. The molecule has 150 valence electrons. The van der Waals surface area contributed by atoms with E-state index in [0.717, 1.165) is 34.3 Å². The number of benzene rings is 2. The molecule has 0 radical (unpaired) electrons. The number of aromatic nitrogens is 1. The van der Waals surface area contributed by atoms with Gasteiger partial charge in [-0.15, -0.1) is 0 Å². The van der Waals surface area contributed by atoms with Crippen LogP contribution in [-0.2, 0) is 19.7 Å². The van der Waals surface area contributed by atoms with Crippen molar-refractivity contribution >= 4 is 5.96 Å². The highest BCUT2D eigenvalue weighted by Gasteiger charge is 2.04. The average Bonchev–Trinajstić information content (AvgIpc) is 2.79. The highest BCUT2D eigenvalue weighted by molar-refractivity contribution is 5.79. The van der Waals surface area contributed by atoms with Crippen molar-refractivity contribution in [1.29, 1.82) is 0 Å². The molecule has 3 aromatic rings. The van der Waals surface area contributed by atoms with Gasteiger partial charge >= 0.3 is 0 Å². The molecule has 1 aromatic heterocycles. The molecule has 0 aliphatic carbocycles. The molecule has 0 atom stereocenters. The van der Waals surface area contributed by atoms with Crippen LogP contribution in [0.25, 0.3) is 0 Å². The Bertz CT molecular complexity index is 912. The van der Waals surface area contributed by atoms with Gasteiger partial charge in [0.2, 0.25) is 0 Å². The zero-order valence-corrected chi connectivity index (χ0v) is 16.8. The van der Waals surface area contributed by atoms with Gasteiger partial charge in [0.05, 0.1) is 12.8 Å². The minimum atomic E-state index is 0.456. The lowest BCUT2D eigenvalue weighted by molar-refractivity contribution is 0.301. The Labute approximate surface area is 171 Å². The van der Waals surface area contributed by atoms with E-state index < -0.39 is 0 Å². The number of rotatable bonds is 8. The van der Waals surface area contributed by atoms with Crippen LogP contribution >= 0.6 is 0 Å². The highest BCUT2D eigenvalue weighted by Crippen LogP contribution is 2.17. The lowest BCUT2D eigenvalue weighted by Crippen LogP contribution is -2.36. The summed E-state index contributed by atoms with van der Waals surface area (Å²) in [5, 5.41) is 6.63. The van der Waals surface area contributed by atoms with Crippen molar-refractivity contribution in [2.75, 3.05) is 14.2 Å². The summed E-state index contributed by atoms with van der Waals surface area (Å²) in [7, 11) is 3.43. The quantitative estimate of drug-likeness (QED) is 0.455. The van der Waals surface area contributed by atoms with E-state index >= 15 is 0 Å². The van der Waals surface area contributed by atoms with E-state index in [-0.39, 0.29) is 0 Å². The van der Waals surface area contributed by atoms with Crippen LogP contribution in [0.15, 0.2) is 77.9 Å². The Hall–Kier alpha value is -3.54. The minimum Gasteiger partial charge on any atom is -0.496 e. The Balaban J connectivity index is 1.46. The fourth-order valence-corrected chi connectivity index (χ4v) is 2.78. The Morgan fingerprint density at radius 3 is 2.41 bits per heavy atom. The van der Waals surface area contributed by atoms with E-state index in [4.69, 9.17) is 9.47 Å². The maximum absolute atomic E-state index is 5.77. The van der Waals surface area contributed by atoms with Crippen LogP contribution in [0.1, 0.15) is 16.8 Å². The van der Waals surface area contributed by atoms with Crippen molar-refractivity contribution < 1.29 is 9.47 Å². The molecule has 0 aliphatic rings. The molecule has 3 rings (SSSR count). The topological polar surface area (TPSA) is 67.8 Å². The van der Waals surface area contributed by atoms with Gasteiger partial charge in [0.25, 0.3) is 0 Å². The van der Waals surface area contributed by atoms with Gasteiger partial charge in [-0.25, -0.2) is 0 Å². The zero-order chi connectivity index (χ0) is 20.3. The SMILES string of the molecule is CN=C(NCc1ccc(OCc2ccccn2)cc1)NCc1ccccc1OC. The average molecular weight is 390 g/mol. The van der Waals surface area contributed by atoms with Gasteiger partial charge < -0.3 is 20.1 Å². The molecule has 1 heterocycles. The number of nitrogens with one attached hydrogen (secondary N) is 2. The van der Waals surface area contributed by atoms with E-state index in [1.165, 1.54) is 0 Å². The first-order valence-corrected chi connectivity index (χ1v) is 9.46. The van der Waals surface area contributed by atoms with Crippen LogP contribution in [0.2, 0.25) is 0 Å². The number of methoxy groups -OCH3 is 1. The molecular weight excluding hydrogens is 364 g/mol. The van der Waals surface area contributed by atoms with Crippen molar-refractivity contribution in [2.24, 2.45) is 4.99 Å². The van der Waals surface area contributed by atoms with E-state index in [1.807, 2.05) is 66.7 Å². The summed E-state index contributed by atoms with van der Waals surface area (Å²) in [5.41, 5.74) is 3.12. The molecule has 0 bridgehead atoms. The number of guanidine groups is 1. The third-order valence-electron chi connectivity index (χ3n) is 4.36. The lowest BCUT2D eigenvalue weighted by atomic mass is 10.2. The predicted octanol–water partition coefficient (Wildman–Crippen LogP) is 3.53. The number of aliphatic imine (C=N–C) groups is 1. The standard InChI is InChI=1S/C23H26N4O2/c1-24-23(27-16-19-7-3-4-9-22(19)28-2)26-15-18-10-12-21(13-11-18)29-17-20-8-5-6-14-25-20/h3-14H,15-17H2,1-2H3,(H2,24,26,27). The van der Waals surface area contributed by atoms with Gasteiger partial charge in [-0.2, -0.15) is 0 Å². The molecule has 2 N–H and O–H groups in total. The van der Waals surface area contributed by atoms with Gasteiger partial charge in [0.1, 0.15) is 18.1 Å². The van der Waals surface area contributed by atoms with E-state index in [2.05, 4.69) is 20.6 Å². The first kappa shape index (κ1) is 20.2. The lowest BCUT2D eigenvalue weighted by Gasteiger charge is -2.14. The van der Waals surface area contributed by atoms with Gasteiger partial charge in [-0.3, -0.25) is 9.98 Å². The second kappa shape index (κ2) is 10.7. The molecule has 0 saturated heterocycles. The second-order valence-corrected chi connectivity index (χ2v) is 6.34. The monoisotopic (exact) mass is 390 g/mol. The Morgan fingerprint density at radius 1 is 0.931 bits per heavy atom. The molecule has 29 heavy (non-hydrogen) atoms. The van der Waals surface area contributed by atoms with Crippen molar-refractivity contribution in [3.05, 3.63) is 89.7 Å². The molecule has 0 aliphatic heterocycles. The number of ether oxygens (including phenoxy) is 2. The number of pyridine rings is 1. The largest absolute Gasteiger partial charge is 0.496 e. The molecule has 6 heteroatoms. The van der Waals surface area contributed by atoms with Gasteiger partial charge in [0.15, 0.2) is 5.96 Å². The maximum Gasteiger partial charge on any atom is 0.191 e. The van der Waals surface area contributed by atoms with E-state index in [0.29, 0.717) is 19.7 Å². The third kappa shape index (κ3) is 6.24. The number of nitrogens with zero attached hydrogens (tertiary/aromatic N) is 2. The molecule has 0 unspecified atom stereocenters. The molecule has 6 nitrogen and oxygen atoms in total. The van der Waals surface area contributed by atoms with Gasteiger partial charge in [-0.05, 0) is 35.9 Å². The van der Waals surface area contributed by atoms with Crippen molar-refractivity contribution in [1.82, 2.24) is 15.6 Å². The van der Waals surface area contributed by atoms with Crippen LogP contribution in [0.3, 0.4) is 0 Å². The smallest absolute Gasteiger partial charge is 0.191 e. The van der Waals surface area contributed by atoms with Crippen molar-refractivity contribution in [3.8, 4) is 11.5 Å². The molecule has 0 saturated carbocycles. The molecule has 2 aromatic carbocycles. The van der Waals surface area contributed by atoms with E-state index in [9.17, 15) is 0 Å².